The molecule has 8 heteroatoms. The molecule has 8 nitrogen and oxygen atoms in total. The third kappa shape index (κ3) is 3.16. The number of aromatic nitrogens is 3. The van der Waals surface area contributed by atoms with E-state index in [2.05, 4.69) is 10.1 Å². The summed E-state index contributed by atoms with van der Waals surface area (Å²) < 4.78 is 1.70. The number of amides is 3. The second kappa shape index (κ2) is 6.80. The fourth-order valence-electron chi connectivity index (χ4n) is 3.53. The van der Waals surface area contributed by atoms with Gasteiger partial charge >= 0.3 is 0 Å². The van der Waals surface area contributed by atoms with Crippen LogP contribution in [0.4, 0.5) is 5.69 Å². The van der Waals surface area contributed by atoms with Gasteiger partial charge in [0, 0.05) is 44.3 Å². The second-order valence-corrected chi connectivity index (χ2v) is 7.40. The summed E-state index contributed by atoms with van der Waals surface area (Å²) in [5.41, 5.74) is 4.80. The first-order valence-electron chi connectivity index (χ1n) is 9.32. The Morgan fingerprint density at radius 2 is 1.72 bits per heavy atom. The minimum Gasteiger partial charge on any atom is -0.343 e. The van der Waals surface area contributed by atoms with Gasteiger partial charge in [-0.1, -0.05) is 6.07 Å². The number of rotatable bonds is 3. The van der Waals surface area contributed by atoms with E-state index in [9.17, 15) is 14.4 Å². The van der Waals surface area contributed by atoms with E-state index in [4.69, 9.17) is 0 Å². The molecule has 1 fully saturated rings. The van der Waals surface area contributed by atoms with Gasteiger partial charge in [-0.05, 0) is 37.6 Å². The molecule has 3 amide bonds. The van der Waals surface area contributed by atoms with Gasteiger partial charge < -0.3 is 4.90 Å². The van der Waals surface area contributed by atoms with E-state index in [1.165, 1.54) is 9.80 Å². The van der Waals surface area contributed by atoms with Crippen molar-refractivity contribution in [3.63, 3.8) is 0 Å². The third-order valence-corrected chi connectivity index (χ3v) is 5.03. The molecule has 0 N–H and O–H groups in total. The monoisotopic (exact) mass is 391 g/mol. The number of anilines is 1. The Bertz CT molecular complexity index is 1160. The molecule has 148 valence electrons. The molecular formula is C21H21N5O3. The van der Waals surface area contributed by atoms with Crippen molar-refractivity contribution >= 4 is 29.1 Å². The second-order valence-electron chi connectivity index (χ2n) is 7.40. The van der Waals surface area contributed by atoms with E-state index in [0.29, 0.717) is 22.7 Å². The van der Waals surface area contributed by atoms with Crippen molar-refractivity contribution in [2.75, 3.05) is 19.0 Å². The Morgan fingerprint density at radius 3 is 2.34 bits per heavy atom. The lowest BCUT2D eigenvalue weighted by Crippen LogP contribution is -2.28. The first kappa shape index (κ1) is 18.8. The highest BCUT2D eigenvalue weighted by molar-refractivity contribution is 6.19. The third-order valence-electron chi connectivity index (χ3n) is 5.03. The van der Waals surface area contributed by atoms with Crippen molar-refractivity contribution < 1.29 is 14.4 Å². The summed E-state index contributed by atoms with van der Waals surface area (Å²) in [6.07, 6.45) is 0.510. The van der Waals surface area contributed by atoms with Gasteiger partial charge in [0.2, 0.25) is 11.8 Å². The smallest absolute Gasteiger partial charge is 0.272 e. The summed E-state index contributed by atoms with van der Waals surface area (Å²) in [4.78, 5) is 43.4. The molecule has 0 radical (unpaired) electrons. The highest BCUT2D eigenvalue weighted by atomic mass is 16.2. The summed E-state index contributed by atoms with van der Waals surface area (Å²) in [6.45, 7) is 3.79. The van der Waals surface area contributed by atoms with Crippen LogP contribution in [-0.4, -0.2) is 51.3 Å². The van der Waals surface area contributed by atoms with Crippen molar-refractivity contribution in [2.45, 2.75) is 26.7 Å². The molecule has 0 unspecified atom stereocenters. The van der Waals surface area contributed by atoms with Crippen LogP contribution in [0.3, 0.4) is 0 Å². The number of carbonyl (C=O) groups is 3. The van der Waals surface area contributed by atoms with Gasteiger partial charge in [-0.25, -0.2) is 9.50 Å². The van der Waals surface area contributed by atoms with Crippen LogP contribution in [0.15, 0.2) is 30.3 Å². The molecule has 1 aromatic carbocycles. The van der Waals surface area contributed by atoms with Gasteiger partial charge in [0.25, 0.3) is 5.91 Å². The maximum atomic E-state index is 12.3. The van der Waals surface area contributed by atoms with Crippen molar-refractivity contribution in [3.8, 4) is 11.3 Å². The average molecular weight is 391 g/mol. The van der Waals surface area contributed by atoms with E-state index in [1.807, 2.05) is 32.0 Å². The summed E-state index contributed by atoms with van der Waals surface area (Å²) in [5, 5.41) is 4.63. The summed E-state index contributed by atoms with van der Waals surface area (Å²) in [6, 6.07) is 8.98. The number of fused-ring (bicyclic) bond motifs is 1. The lowest BCUT2D eigenvalue weighted by molar-refractivity contribution is -0.121. The molecule has 0 saturated carbocycles. The van der Waals surface area contributed by atoms with Crippen LogP contribution < -0.4 is 4.90 Å². The molecule has 3 heterocycles. The highest BCUT2D eigenvalue weighted by Gasteiger charge is 2.30. The minimum absolute atomic E-state index is 0.168. The summed E-state index contributed by atoms with van der Waals surface area (Å²) in [5.74, 6) is -0.514. The Labute approximate surface area is 167 Å². The van der Waals surface area contributed by atoms with E-state index in [0.717, 1.165) is 16.8 Å². The number of hydrogen-bond donors (Lipinski definition) is 0. The van der Waals surface area contributed by atoms with Crippen LogP contribution in [0, 0.1) is 13.8 Å². The Morgan fingerprint density at radius 1 is 1.03 bits per heavy atom. The van der Waals surface area contributed by atoms with E-state index < -0.39 is 0 Å². The van der Waals surface area contributed by atoms with Gasteiger partial charge in [-0.15, -0.1) is 0 Å². The topological polar surface area (TPSA) is 87.9 Å². The van der Waals surface area contributed by atoms with Crippen LogP contribution >= 0.6 is 0 Å². The predicted molar refractivity (Wildman–Crippen MR) is 108 cm³/mol. The number of benzene rings is 1. The number of imide groups is 1. The summed E-state index contributed by atoms with van der Waals surface area (Å²) in [7, 11) is 3.37. The van der Waals surface area contributed by atoms with Crippen LogP contribution in [0.1, 0.15) is 34.6 Å². The van der Waals surface area contributed by atoms with E-state index in [1.54, 1.807) is 30.7 Å². The fraction of sp³-hybridized carbons (Fsp3) is 0.286. The molecule has 29 heavy (non-hydrogen) atoms. The van der Waals surface area contributed by atoms with Crippen LogP contribution in [0.5, 0.6) is 0 Å². The zero-order valence-electron chi connectivity index (χ0n) is 16.8. The summed E-state index contributed by atoms with van der Waals surface area (Å²) >= 11 is 0. The van der Waals surface area contributed by atoms with Crippen LogP contribution in [0.25, 0.3) is 16.9 Å². The van der Waals surface area contributed by atoms with Crippen molar-refractivity contribution in [1.82, 2.24) is 19.5 Å². The Balaban J connectivity index is 1.75. The quantitative estimate of drug-likeness (QED) is 0.640. The Hall–Kier alpha value is -3.55. The van der Waals surface area contributed by atoms with Gasteiger partial charge in [-0.3, -0.25) is 19.3 Å². The zero-order valence-corrected chi connectivity index (χ0v) is 16.8. The molecule has 0 spiro atoms. The lowest BCUT2D eigenvalue weighted by atomic mass is 10.0. The van der Waals surface area contributed by atoms with Crippen molar-refractivity contribution in [1.29, 1.82) is 0 Å². The molecule has 0 atom stereocenters. The first-order valence-corrected chi connectivity index (χ1v) is 9.32. The average Bonchev–Trinajstić information content (AvgIpc) is 3.24. The van der Waals surface area contributed by atoms with Crippen LogP contribution in [-0.2, 0) is 9.59 Å². The Kier molecular flexibility index (Phi) is 4.41. The maximum absolute atomic E-state index is 12.3. The molecule has 1 aliphatic rings. The normalized spacial score (nSPS) is 14.1. The first-order chi connectivity index (χ1) is 13.8. The van der Waals surface area contributed by atoms with Crippen LogP contribution in [0.2, 0.25) is 0 Å². The van der Waals surface area contributed by atoms with Crippen molar-refractivity contribution in [3.05, 3.63) is 47.3 Å². The lowest BCUT2D eigenvalue weighted by Gasteiger charge is -2.15. The molecule has 4 rings (SSSR count). The number of nitrogens with zero attached hydrogens (tertiary/aromatic N) is 5. The highest BCUT2D eigenvalue weighted by Crippen LogP contribution is 2.30. The molecule has 0 aliphatic carbocycles. The zero-order chi connectivity index (χ0) is 20.9. The standard InChI is InChI=1S/C21H21N5O3/c1-12-9-14(25-19(27)7-8-20(25)28)5-6-15(12)16-11-18-22-17(21(29)24(3)4)10-13(2)26(18)23-16/h5-6,9-11H,7-8H2,1-4H3. The fourth-order valence-corrected chi connectivity index (χ4v) is 3.53. The molecule has 1 aliphatic heterocycles. The van der Waals surface area contributed by atoms with Gasteiger partial charge in [-0.2, -0.15) is 5.10 Å². The molecule has 1 saturated heterocycles. The van der Waals surface area contributed by atoms with Gasteiger partial charge in [0.1, 0.15) is 5.69 Å². The minimum atomic E-state index is -0.173. The molecule has 3 aromatic rings. The maximum Gasteiger partial charge on any atom is 0.272 e. The van der Waals surface area contributed by atoms with E-state index >= 15 is 0 Å². The number of hydrogen-bond acceptors (Lipinski definition) is 5. The molecular weight excluding hydrogens is 370 g/mol. The SMILES string of the molecule is Cc1cc(N2C(=O)CCC2=O)ccc1-c1cc2nc(C(=O)N(C)C)cc(C)n2n1. The molecule has 2 aromatic heterocycles. The number of aryl methyl sites for hydroxylation is 2. The largest absolute Gasteiger partial charge is 0.343 e. The van der Waals surface area contributed by atoms with Crippen molar-refractivity contribution in [2.24, 2.45) is 0 Å². The predicted octanol–water partition coefficient (Wildman–Crippen LogP) is 2.37. The molecule has 0 bridgehead atoms. The van der Waals surface area contributed by atoms with Gasteiger partial charge in [0.05, 0.1) is 11.4 Å². The van der Waals surface area contributed by atoms with E-state index in [-0.39, 0.29) is 30.6 Å². The van der Waals surface area contributed by atoms with Gasteiger partial charge in [0.15, 0.2) is 5.65 Å². The number of carbonyl (C=O) groups excluding carboxylic acids is 3.